The van der Waals surface area contributed by atoms with Gasteiger partial charge >= 0.3 is 17.9 Å². The van der Waals surface area contributed by atoms with E-state index in [-0.39, 0.29) is 5.97 Å². The fourth-order valence-electron chi connectivity index (χ4n) is 1.79. The van der Waals surface area contributed by atoms with Gasteiger partial charge in [0.25, 0.3) is 0 Å². The van der Waals surface area contributed by atoms with Crippen molar-refractivity contribution in [2.24, 2.45) is 5.92 Å². The van der Waals surface area contributed by atoms with Crippen molar-refractivity contribution in [2.75, 3.05) is 21.3 Å². The first-order chi connectivity index (χ1) is 9.96. The molecule has 0 bridgehead atoms. The highest BCUT2D eigenvalue weighted by Gasteiger charge is 2.27. The molecule has 0 amide bonds. The van der Waals surface area contributed by atoms with Gasteiger partial charge < -0.3 is 14.2 Å². The van der Waals surface area contributed by atoms with Crippen molar-refractivity contribution in [2.45, 2.75) is 39.0 Å². The summed E-state index contributed by atoms with van der Waals surface area (Å²) in [5, 5.41) is 0. The molecule has 0 aromatic carbocycles. The summed E-state index contributed by atoms with van der Waals surface area (Å²) in [5.41, 5.74) is 1.05. The lowest BCUT2D eigenvalue weighted by molar-refractivity contribution is -0.159. The van der Waals surface area contributed by atoms with Crippen LogP contribution < -0.4 is 0 Å². The zero-order valence-corrected chi connectivity index (χ0v) is 13.1. The summed E-state index contributed by atoms with van der Waals surface area (Å²) in [6, 6.07) is 0. The molecule has 0 fully saturated rings. The average Bonchev–Trinajstić information content (AvgIpc) is 2.50. The largest absolute Gasteiger partial charge is 0.469 e. The fraction of sp³-hybridized carbons (Fsp3) is 0.667. The van der Waals surface area contributed by atoms with E-state index >= 15 is 0 Å². The van der Waals surface area contributed by atoms with E-state index in [2.05, 4.69) is 14.2 Å². The van der Waals surface area contributed by atoms with Crippen LogP contribution in [0.25, 0.3) is 0 Å². The lowest BCUT2D eigenvalue weighted by atomic mass is 9.99. The Labute approximate surface area is 125 Å². The molecular formula is C15H24O6. The predicted molar refractivity (Wildman–Crippen MR) is 76.4 cm³/mol. The second-order valence-electron chi connectivity index (χ2n) is 4.66. The minimum atomic E-state index is -0.890. The fourth-order valence-corrected chi connectivity index (χ4v) is 1.79. The molecule has 120 valence electrons. The van der Waals surface area contributed by atoms with Gasteiger partial charge in [0, 0.05) is 6.42 Å². The maximum absolute atomic E-state index is 11.5. The number of unbranched alkanes of at least 4 members (excludes halogenated alkanes) is 1. The topological polar surface area (TPSA) is 78.9 Å². The van der Waals surface area contributed by atoms with Gasteiger partial charge in [-0.3, -0.25) is 14.4 Å². The average molecular weight is 300 g/mol. The van der Waals surface area contributed by atoms with Gasteiger partial charge in [0.05, 0.1) is 21.3 Å². The Hall–Kier alpha value is -1.85. The van der Waals surface area contributed by atoms with Crippen LogP contribution in [0.4, 0.5) is 0 Å². The van der Waals surface area contributed by atoms with Crippen LogP contribution in [0.1, 0.15) is 39.0 Å². The Morgan fingerprint density at radius 3 is 2.00 bits per heavy atom. The molecular weight excluding hydrogens is 276 g/mol. The number of carbonyl (C=O) groups is 3. The minimum Gasteiger partial charge on any atom is -0.469 e. The highest BCUT2D eigenvalue weighted by atomic mass is 16.5. The van der Waals surface area contributed by atoms with E-state index in [1.54, 1.807) is 0 Å². The molecule has 0 aromatic rings. The van der Waals surface area contributed by atoms with Crippen molar-refractivity contribution in [3.05, 3.63) is 11.6 Å². The SMILES string of the molecule is COC(=O)CCC/C=C(\C)CCC(C(=O)OC)C(=O)OC. The molecule has 0 aliphatic rings. The molecule has 6 nitrogen and oxygen atoms in total. The Morgan fingerprint density at radius 1 is 0.952 bits per heavy atom. The smallest absolute Gasteiger partial charge is 0.320 e. The van der Waals surface area contributed by atoms with Crippen molar-refractivity contribution in [1.82, 2.24) is 0 Å². The van der Waals surface area contributed by atoms with Crippen molar-refractivity contribution in [1.29, 1.82) is 0 Å². The van der Waals surface area contributed by atoms with Crippen LogP contribution in [0, 0.1) is 5.92 Å². The molecule has 0 saturated heterocycles. The van der Waals surface area contributed by atoms with Crippen LogP contribution in [-0.2, 0) is 28.6 Å². The zero-order chi connectivity index (χ0) is 16.3. The summed E-state index contributed by atoms with van der Waals surface area (Å²) in [6.07, 6.45) is 4.77. The van der Waals surface area contributed by atoms with E-state index in [0.29, 0.717) is 25.7 Å². The molecule has 0 spiro atoms. The molecule has 0 saturated carbocycles. The van der Waals surface area contributed by atoms with Gasteiger partial charge in [-0.1, -0.05) is 11.6 Å². The highest BCUT2D eigenvalue weighted by molar-refractivity contribution is 5.94. The summed E-state index contributed by atoms with van der Waals surface area (Å²) < 4.78 is 13.7. The third kappa shape index (κ3) is 8.12. The van der Waals surface area contributed by atoms with Crippen molar-refractivity contribution in [3.8, 4) is 0 Å². The first-order valence-corrected chi connectivity index (χ1v) is 6.84. The second-order valence-corrected chi connectivity index (χ2v) is 4.66. The summed E-state index contributed by atoms with van der Waals surface area (Å²) in [4.78, 5) is 33.9. The number of esters is 3. The molecule has 0 aliphatic carbocycles. The molecule has 0 radical (unpaired) electrons. The summed E-state index contributed by atoms with van der Waals surface area (Å²) in [5.74, 6) is -2.28. The number of ether oxygens (including phenoxy) is 3. The zero-order valence-electron chi connectivity index (χ0n) is 13.1. The number of carbonyl (C=O) groups excluding carboxylic acids is 3. The van der Waals surface area contributed by atoms with Crippen LogP contribution in [0.5, 0.6) is 0 Å². The Kier molecular flexibility index (Phi) is 9.92. The van der Waals surface area contributed by atoms with E-state index in [1.807, 2.05) is 13.0 Å². The van der Waals surface area contributed by atoms with Crippen molar-refractivity contribution in [3.63, 3.8) is 0 Å². The van der Waals surface area contributed by atoms with E-state index in [9.17, 15) is 14.4 Å². The van der Waals surface area contributed by atoms with Crippen LogP contribution in [-0.4, -0.2) is 39.2 Å². The number of hydrogen-bond donors (Lipinski definition) is 0. The van der Waals surface area contributed by atoms with Gasteiger partial charge in [0.1, 0.15) is 0 Å². The standard InChI is InChI=1S/C15H24O6/c1-11(7-5-6-8-13(16)19-2)9-10-12(14(17)20-3)15(18)21-4/h7,12H,5-6,8-10H2,1-4H3/b11-7+. The molecule has 21 heavy (non-hydrogen) atoms. The maximum atomic E-state index is 11.5. The van der Waals surface area contributed by atoms with E-state index in [1.165, 1.54) is 21.3 Å². The Bertz CT molecular complexity index is 370. The predicted octanol–water partition coefficient (Wildman–Crippen LogP) is 2.02. The minimum absolute atomic E-state index is 0.225. The molecule has 0 heterocycles. The first kappa shape index (κ1) is 19.1. The molecule has 0 atom stereocenters. The molecule has 0 rings (SSSR count). The third-order valence-electron chi connectivity index (χ3n) is 3.10. The number of rotatable bonds is 9. The third-order valence-corrected chi connectivity index (χ3v) is 3.10. The van der Waals surface area contributed by atoms with Gasteiger partial charge in [-0.05, 0) is 32.6 Å². The van der Waals surface area contributed by atoms with Crippen LogP contribution in [0.15, 0.2) is 11.6 Å². The summed E-state index contributed by atoms with van der Waals surface area (Å²) >= 11 is 0. The number of methoxy groups -OCH3 is 3. The van der Waals surface area contributed by atoms with Gasteiger partial charge in [-0.25, -0.2) is 0 Å². The summed E-state index contributed by atoms with van der Waals surface area (Å²) in [7, 11) is 3.85. The molecule has 0 aromatic heterocycles. The van der Waals surface area contributed by atoms with Gasteiger partial charge in [-0.2, -0.15) is 0 Å². The van der Waals surface area contributed by atoms with Gasteiger partial charge in [0.2, 0.25) is 0 Å². The van der Waals surface area contributed by atoms with Crippen molar-refractivity contribution < 1.29 is 28.6 Å². The lowest BCUT2D eigenvalue weighted by Crippen LogP contribution is -2.26. The van der Waals surface area contributed by atoms with E-state index in [0.717, 1.165) is 12.0 Å². The molecule has 0 aliphatic heterocycles. The quantitative estimate of drug-likeness (QED) is 0.213. The first-order valence-electron chi connectivity index (χ1n) is 6.84. The van der Waals surface area contributed by atoms with E-state index < -0.39 is 17.9 Å². The molecule has 0 unspecified atom stereocenters. The lowest BCUT2D eigenvalue weighted by Gasteiger charge is -2.12. The highest BCUT2D eigenvalue weighted by Crippen LogP contribution is 2.16. The monoisotopic (exact) mass is 300 g/mol. The van der Waals surface area contributed by atoms with E-state index in [4.69, 9.17) is 0 Å². The van der Waals surface area contributed by atoms with Crippen molar-refractivity contribution >= 4 is 17.9 Å². The summed E-state index contributed by atoms with van der Waals surface area (Å²) in [6.45, 7) is 1.92. The molecule has 6 heteroatoms. The maximum Gasteiger partial charge on any atom is 0.320 e. The van der Waals surface area contributed by atoms with Crippen LogP contribution in [0.2, 0.25) is 0 Å². The number of hydrogen-bond acceptors (Lipinski definition) is 6. The Balaban J connectivity index is 4.23. The Morgan fingerprint density at radius 2 is 1.52 bits per heavy atom. The van der Waals surface area contributed by atoms with Gasteiger partial charge in [0.15, 0.2) is 5.92 Å². The number of allylic oxidation sites excluding steroid dienone is 2. The van der Waals surface area contributed by atoms with Crippen LogP contribution in [0.3, 0.4) is 0 Å². The normalized spacial score (nSPS) is 11.2. The van der Waals surface area contributed by atoms with Crippen LogP contribution >= 0.6 is 0 Å². The van der Waals surface area contributed by atoms with Gasteiger partial charge in [-0.15, -0.1) is 0 Å². The second kappa shape index (κ2) is 10.9. The molecule has 0 N–H and O–H groups in total.